The topological polar surface area (TPSA) is 76.7 Å². The van der Waals surface area contributed by atoms with Crippen LogP contribution >= 0.6 is 23.2 Å². The van der Waals surface area contributed by atoms with Crippen LogP contribution in [-0.4, -0.2) is 20.7 Å². The zero-order chi connectivity index (χ0) is 14.9. The lowest BCUT2D eigenvalue weighted by Gasteiger charge is -2.20. The van der Waals surface area contributed by atoms with Crippen LogP contribution in [0.5, 0.6) is 0 Å². The summed E-state index contributed by atoms with van der Waals surface area (Å²) in [5, 5.41) is 12.0. The molecule has 0 saturated heterocycles. The zero-order valence-corrected chi connectivity index (χ0v) is 12.9. The molecule has 106 valence electrons. The lowest BCUT2D eigenvalue weighted by molar-refractivity contribution is 0.623. The highest BCUT2D eigenvalue weighted by molar-refractivity contribution is 6.43. The Balaban J connectivity index is 2.42. The van der Waals surface area contributed by atoms with Crippen LogP contribution in [0.25, 0.3) is 11.3 Å². The molecule has 20 heavy (non-hydrogen) atoms. The first-order valence-corrected chi connectivity index (χ1v) is 6.76. The van der Waals surface area contributed by atoms with Crippen molar-refractivity contribution in [2.24, 2.45) is 0 Å². The fourth-order valence-corrected chi connectivity index (χ4v) is 1.99. The van der Waals surface area contributed by atoms with Gasteiger partial charge in [0.1, 0.15) is 5.69 Å². The smallest absolute Gasteiger partial charge is 0.245 e. The molecule has 1 aromatic carbocycles. The van der Waals surface area contributed by atoms with E-state index in [1.54, 1.807) is 18.2 Å². The molecule has 5 nitrogen and oxygen atoms in total. The second kappa shape index (κ2) is 5.42. The fourth-order valence-electron chi connectivity index (χ4n) is 1.60. The molecule has 1 heterocycles. The van der Waals surface area contributed by atoms with E-state index in [0.717, 1.165) is 0 Å². The highest BCUT2D eigenvalue weighted by Crippen LogP contribution is 2.34. The second-order valence-corrected chi connectivity index (χ2v) is 6.13. The number of nitrogen functional groups attached to an aromatic ring is 1. The summed E-state index contributed by atoms with van der Waals surface area (Å²) in [6.07, 6.45) is 0. The van der Waals surface area contributed by atoms with Crippen molar-refractivity contribution in [2.75, 3.05) is 11.1 Å². The van der Waals surface area contributed by atoms with Gasteiger partial charge in [0.2, 0.25) is 5.95 Å². The summed E-state index contributed by atoms with van der Waals surface area (Å²) in [4.78, 5) is 4.20. The van der Waals surface area contributed by atoms with Gasteiger partial charge >= 0.3 is 0 Å². The fraction of sp³-hybridized carbons (Fsp3) is 0.308. The van der Waals surface area contributed by atoms with Crippen LogP contribution in [0.2, 0.25) is 10.0 Å². The monoisotopic (exact) mass is 311 g/mol. The highest BCUT2D eigenvalue weighted by atomic mass is 35.5. The molecule has 0 saturated carbocycles. The van der Waals surface area contributed by atoms with Crippen molar-refractivity contribution in [1.29, 1.82) is 0 Å². The Morgan fingerprint density at radius 2 is 1.85 bits per heavy atom. The van der Waals surface area contributed by atoms with Crippen LogP contribution in [0.15, 0.2) is 18.2 Å². The van der Waals surface area contributed by atoms with E-state index in [0.29, 0.717) is 27.3 Å². The first kappa shape index (κ1) is 14.8. The van der Waals surface area contributed by atoms with Gasteiger partial charge in [-0.25, -0.2) is 0 Å². The Labute approximate surface area is 127 Å². The van der Waals surface area contributed by atoms with E-state index in [2.05, 4.69) is 20.5 Å². The molecular formula is C13H15Cl2N5. The van der Waals surface area contributed by atoms with Crippen molar-refractivity contribution in [3.05, 3.63) is 28.2 Å². The van der Waals surface area contributed by atoms with E-state index in [9.17, 15) is 0 Å². The van der Waals surface area contributed by atoms with Gasteiger partial charge in [-0.2, -0.15) is 4.98 Å². The summed E-state index contributed by atoms with van der Waals surface area (Å²) >= 11 is 12.1. The first-order valence-electron chi connectivity index (χ1n) is 6.01. The highest BCUT2D eigenvalue weighted by Gasteiger charge is 2.16. The maximum Gasteiger partial charge on any atom is 0.245 e. The molecule has 3 N–H and O–H groups in total. The number of aromatic nitrogens is 3. The molecule has 7 heteroatoms. The van der Waals surface area contributed by atoms with E-state index in [4.69, 9.17) is 28.9 Å². The minimum absolute atomic E-state index is 0.177. The summed E-state index contributed by atoms with van der Waals surface area (Å²) in [7, 11) is 0. The Morgan fingerprint density at radius 1 is 1.15 bits per heavy atom. The normalized spacial score (nSPS) is 11.4. The molecule has 1 aromatic heterocycles. The predicted molar refractivity (Wildman–Crippen MR) is 83.1 cm³/mol. The lowest BCUT2D eigenvalue weighted by atomic mass is 10.1. The molecule has 0 amide bonds. The largest absolute Gasteiger partial charge is 0.382 e. The molecule has 0 aliphatic heterocycles. The minimum atomic E-state index is -0.177. The Kier molecular flexibility index (Phi) is 4.01. The van der Waals surface area contributed by atoms with E-state index in [1.807, 2.05) is 20.8 Å². The average molecular weight is 312 g/mol. The quantitative estimate of drug-likeness (QED) is 0.885. The number of halogens is 2. The van der Waals surface area contributed by atoms with Gasteiger partial charge in [0, 0.05) is 11.1 Å². The number of anilines is 2. The van der Waals surface area contributed by atoms with Gasteiger partial charge in [0.05, 0.1) is 10.0 Å². The van der Waals surface area contributed by atoms with Crippen molar-refractivity contribution in [3.8, 4) is 11.3 Å². The summed E-state index contributed by atoms with van der Waals surface area (Å²) in [5.74, 6) is 0.618. The number of nitrogens with one attached hydrogen (secondary N) is 1. The molecule has 0 bridgehead atoms. The predicted octanol–water partition coefficient (Wildman–Crippen LogP) is 3.64. The van der Waals surface area contributed by atoms with Crippen LogP contribution in [-0.2, 0) is 0 Å². The molecule has 0 aliphatic carbocycles. The van der Waals surface area contributed by atoms with Crippen molar-refractivity contribution in [2.45, 2.75) is 26.3 Å². The van der Waals surface area contributed by atoms with Crippen molar-refractivity contribution < 1.29 is 0 Å². The third kappa shape index (κ3) is 3.29. The van der Waals surface area contributed by atoms with Crippen LogP contribution < -0.4 is 11.1 Å². The van der Waals surface area contributed by atoms with Gasteiger partial charge in [0.25, 0.3) is 0 Å². The van der Waals surface area contributed by atoms with Crippen molar-refractivity contribution in [1.82, 2.24) is 15.2 Å². The van der Waals surface area contributed by atoms with Gasteiger partial charge in [0.15, 0.2) is 5.82 Å². The van der Waals surface area contributed by atoms with Gasteiger partial charge in [-0.3, -0.25) is 0 Å². The number of nitrogens with two attached hydrogens (primary N) is 1. The van der Waals surface area contributed by atoms with Crippen LogP contribution in [0.1, 0.15) is 20.8 Å². The molecule has 0 aliphatic rings. The van der Waals surface area contributed by atoms with E-state index in [-0.39, 0.29) is 11.4 Å². The van der Waals surface area contributed by atoms with Crippen LogP contribution in [0, 0.1) is 0 Å². The molecule has 0 atom stereocenters. The number of hydrogen-bond donors (Lipinski definition) is 2. The lowest BCUT2D eigenvalue weighted by Crippen LogP contribution is -2.27. The Morgan fingerprint density at radius 3 is 2.45 bits per heavy atom. The SMILES string of the molecule is CC(C)(C)Nc1nnc(-c2cccc(Cl)c2Cl)c(N)n1. The first-order chi connectivity index (χ1) is 9.28. The molecule has 2 aromatic rings. The van der Waals surface area contributed by atoms with Crippen molar-refractivity contribution >= 4 is 35.0 Å². The second-order valence-electron chi connectivity index (χ2n) is 5.35. The van der Waals surface area contributed by atoms with E-state index >= 15 is 0 Å². The minimum Gasteiger partial charge on any atom is -0.382 e. The molecule has 0 unspecified atom stereocenters. The van der Waals surface area contributed by atoms with Crippen LogP contribution in [0.3, 0.4) is 0 Å². The van der Waals surface area contributed by atoms with E-state index in [1.165, 1.54) is 0 Å². The molecular weight excluding hydrogens is 297 g/mol. The average Bonchev–Trinajstić information content (AvgIpc) is 2.31. The van der Waals surface area contributed by atoms with Crippen LogP contribution in [0.4, 0.5) is 11.8 Å². The third-order valence-corrected chi connectivity index (χ3v) is 3.23. The number of rotatable bonds is 2. The summed E-state index contributed by atoms with van der Waals surface area (Å²) in [6.45, 7) is 5.98. The Hall–Kier alpha value is -1.59. The third-order valence-electron chi connectivity index (χ3n) is 2.41. The number of nitrogens with zero attached hydrogens (tertiary/aromatic N) is 3. The maximum absolute atomic E-state index is 6.15. The van der Waals surface area contributed by atoms with Crippen molar-refractivity contribution in [3.63, 3.8) is 0 Å². The summed E-state index contributed by atoms with van der Waals surface area (Å²) in [5.41, 5.74) is 6.78. The van der Waals surface area contributed by atoms with Gasteiger partial charge in [-0.05, 0) is 26.8 Å². The standard InChI is InChI=1S/C13H15Cl2N5/c1-13(2,3)18-12-17-11(16)10(19-20-12)7-5-4-6-8(14)9(7)15/h4-6H,1-3H3,(H3,16,17,18,20). The Bertz CT molecular complexity index is 637. The van der Waals surface area contributed by atoms with Gasteiger partial charge in [-0.1, -0.05) is 35.3 Å². The molecule has 2 rings (SSSR count). The number of hydrogen-bond acceptors (Lipinski definition) is 5. The molecule has 0 fully saturated rings. The summed E-state index contributed by atoms with van der Waals surface area (Å²) < 4.78 is 0. The maximum atomic E-state index is 6.15. The molecule has 0 radical (unpaired) electrons. The number of benzene rings is 1. The van der Waals surface area contributed by atoms with E-state index < -0.39 is 0 Å². The molecule has 0 spiro atoms. The van der Waals surface area contributed by atoms with Gasteiger partial charge in [-0.15, -0.1) is 10.2 Å². The summed E-state index contributed by atoms with van der Waals surface area (Å²) in [6, 6.07) is 5.24. The zero-order valence-electron chi connectivity index (χ0n) is 11.4. The van der Waals surface area contributed by atoms with Gasteiger partial charge < -0.3 is 11.1 Å².